The molecule has 1 aliphatic rings. The number of halogens is 8. The molecule has 0 aliphatic heterocycles. The molecule has 4 unspecified atom stereocenters. The van der Waals surface area contributed by atoms with Crippen LogP contribution in [0.2, 0.25) is 0 Å². The third-order valence-electron chi connectivity index (χ3n) is 4.86. The van der Waals surface area contributed by atoms with E-state index in [2.05, 4.69) is 4.74 Å². The van der Waals surface area contributed by atoms with Gasteiger partial charge in [0.05, 0.1) is 0 Å². The third-order valence-corrected chi connectivity index (χ3v) is 4.86. The molecule has 4 nitrogen and oxygen atoms in total. The largest absolute Gasteiger partial charge is 0.458 e. The average molecular weight is 402 g/mol. The van der Waals surface area contributed by atoms with E-state index in [1.807, 2.05) is 0 Å². The Balaban J connectivity index is 3.19. The van der Waals surface area contributed by atoms with Gasteiger partial charge in [0.25, 0.3) is 0 Å². The highest BCUT2D eigenvalue weighted by atomic mass is 19.4. The summed E-state index contributed by atoms with van der Waals surface area (Å²) in [6.45, 7) is 0.655. The molecule has 0 heterocycles. The van der Waals surface area contributed by atoms with Crippen molar-refractivity contribution in [2.75, 3.05) is 0 Å². The van der Waals surface area contributed by atoms with Gasteiger partial charge in [0.1, 0.15) is 6.10 Å². The molecular weight excluding hydrogens is 384 g/mol. The van der Waals surface area contributed by atoms with Crippen LogP contribution in [-0.2, 0) is 9.53 Å². The third kappa shape index (κ3) is 4.56. The molecule has 0 saturated heterocycles. The van der Waals surface area contributed by atoms with Gasteiger partial charge in [-0.05, 0) is 33.1 Å². The lowest BCUT2D eigenvalue weighted by Gasteiger charge is -2.46. The maximum Gasteiger partial charge on any atom is 0.417 e. The van der Waals surface area contributed by atoms with Gasteiger partial charge in [0, 0.05) is 11.8 Å². The Labute approximate surface area is 143 Å². The van der Waals surface area contributed by atoms with Gasteiger partial charge in [-0.1, -0.05) is 0 Å². The second kappa shape index (κ2) is 7.10. The van der Waals surface area contributed by atoms with Crippen LogP contribution in [0.4, 0.5) is 35.1 Å². The van der Waals surface area contributed by atoms with Crippen LogP contribution >= 0.6 is 0 Å². The number of carbonyl (C=O) groups is 1. The number of carbonyl (C=O) groups excluding carboxylic acids is 1. The van der Waals surface area contributed by atoms with E-state index < -0.39 is 73.2 Å². The van der Waals surface area contributed by atoms with Crippen LogP contribution in [0.25, 0.3) is 0 Å². The van der Waals surface area contributed by atoms with Crippen LogP contribution in [0.3, 0.4) is 0 Å². The molecule has 154 valence electrons. The summed E-state index contributed by atoms with van der Waals surface area (Å²) in [7, 11) is 0. The molecule has 4 atom stereocenters. The van der Waals surface area contributed by atoms with Crippen molar-refractivity contribution in [3.63, 3.8) is 0 Å². The fraction of sp³-hybridized carbons (Fsp3) is 0.929. The van der Waals surface area contributed by atoms with E-state index in [-0.39, 0.29) is 0 Å². The number of alkyl halides is 8. The predicted molar refractivity (Wildman–Crippen MR) is 70.1 cm³/mol. The number of ether oxygens (including phenoxy) is 1. The van der Waals surface area contributed by atoms with Gasteiger partial charge in [0.2, 0.25) is 0 Å². The van der Waals surface area contributed by atoms with Gasteiger partial charge in [0.15, 0.2) is 11.2 Å². The van der Waals surface area contributed by atoms with Crippen molar-refractivity contribution in [1.82, 2.24) is 0 Å². The zero-order chi connectivity index (χ0) is 20.7. The first kappa shape index (κ1) is 22.9. The standard InChI is InChI=1S/C14H18F8O4/c1-11(24,13(17,18)19)6-3-7(12(2,25)14(20,21)22)5-8(4-6)26-10(23)9(15)16/h6-9,24-25H,3-5H2,1-2H3. The molecule has 1 rings (SSSR count). The van der Waals surface area contributed by atoms with Crippen molar-refractivity contribution in [1.29, 1.82) is 0 Å². The van der Waals surface area contributed by atoms with Crippen LogP contribution in [0.1, 0.15) is 33.1 Å². The van der Waals surface area contributed by atoms with Crippen LogP contribution in [0.15, 0.2) is 0 Å². The van der Waals surface area contributed by atoms with Gasteiger partial charge in [-0.15, -0.1) is 0 Å². The number of hydrogen-bond acceptors (Lipinski definition) is 4. The normalized spacial score (nSPS) is 29.8. The lowest BCUT2D eigenvalue weighted by molar-refractivity contribution is -0.299. The Morgan fingerprint density at radius 1 is 0.885 bits per heavy atom. The highest BCUT2D eigenvalue weighted by molar-refractivity contribution is 5.72. The molecule has 2 N–H and O–H groups in total. The molecule has 0 amide bonds. The first-order valence-corrected chi connectivity index (χ1v) is 7.48. The van der Waals surface area contributed by atoms with Crippen molar-refractivity contribution < 1.29 is 54.9 Å². The summed E-state index contributed by atoms with van der Waals surface area (Å²) < 4.78 is 107. The van der Waals surface area contributed by atoms with Gasteiger partial charge < -0.3 is 14.9 Å². The molecule has 0 spiro atoms. The number of rotatable bonds is 4. The highest BCUT2D eigenvalue weighted by Crippen LogP contribution is 2.50. The fourth-order valence-electron chi connectivity index (χ4n) is 2.96. The smallest absolute Gasteiger partial charge is 0.417 e. The van der Waals surface area contributed by atoms with E-state index in [1.165, 1.54) is 0 Å². The Hall–Kier alpha value is -1.17. The molecule has 26 heavy (non-hydrogen) atoms. The molecule has 1 saturated carbocycles. The van der Waals surface area contributed by atoms with E-state index in [1.54, 1.807) is 0 Å². The molecule has 0 bridgehead atoms. The van der Waals surface area contributed by atoms with Gasteiger partial charge >= 0.3 is 24.7 Å². The van der Waals surface area contributed by atoms with E-state index in [0.29, 0.717) is 13.8 Å². The zero-order valence-corrected chi connectivity index (χ0v) is 13.7. The van der Waals surface area contributed by atoms with E-state index in [0.717, 1.165) is 0 Å². The molecule has 0 aromatic carbocycles. The second-order valence-electron chi connectivity index (χ2n) is 6.75. The maximum atomic E-state index is 13.0. The lowest BCUT2D eigenvalue weighted by Crippen LogP contribution is -2.57. The summed E-state index contributed by atoms with van der Waals surface area (Å²) in [6.07, 6.45) is -18.3. The summed E-state index contributed by atoms with van der Waals surface area (Å²) >= 11 is 0. The predicted octanol–water partition coefficient (Wildman–Crippen LogP) is 3.21. The van der Waals surface area contributed by atoms with Crippen molar-refractivity contribution in [2.24, 2.45) is 11.8 Å². The summed E-state index contributed by atoms with van der Waals surface area (Å²) in [4.78, 5) is 11.0. The summed E-state index contributed by atoms with van der Waals surface area (Å²) in [5, 5.41) is 19.5. The van der Waals surface area contributed by atoms with E-state index in [9.17, 15) is 50.1 Å². The second-order valence-corrected chi connectivity index (χ2v) is 6.75. The van der Waals surface area contributed by atoms with Crippen molar-refractivity contribution in [3.05, 3.63) is 0 Å². The maximum absolute atomic E-state index is 13.0. The van der Waals surface area contributed by atoms with Gasteiger partial charge in [-0.25, -0.2) is 4.79 Å². The Kier molecular flexibility index (Phi) is 6.24. The summed E-state index contributed by atoms with van der Waals surface area (Å²) in [6, 6.07) is 0. The fourth-order valence-corrected chi connectivity index (χ4v) is 2.96. The molecule has 12 heteroatoms. The zero-order valence-electron chi connectivity index (χ0n) is 13.7. The molecule has 0 aromatic rings. The molecule has 1 fully saturated rings. The topological polar surface area (TPSA) is 66.8 Å². The molecule has 0 aromatic heterocycles. The number of esters is 1. The Bertz CT molecular complexity index is 478. The minimum absolute atomic E-state index is 0.328. The minimum Gasteiger partial charge on any atom is -0.458 e. The lowest BCUT2D eigenvalue weighted by atomic mass is 9.67. The monoisotopic (exact) mass is 402 g/mol. The molecule has 1 aliphatic carbocycles. The summed E-state index contributed by atoms with van der Waals surface area (Å²) in [5.41, 5.74) is -6.94. The van der Waals surface area contributed by atoms with Crippen molar-refractivity contribution in [2.45, 2.75) is 69.2 Å². The Morgan fingerprint density at radius 2 is 1.23 bits per heavy atom. The van der Waals surface area contributed by atoms with Crippen LogP contribution in [-0.4, -0.2) is 52.3 Å². The van der Waals surface area contributed by atoms with Crippen molar-refractivity contribution in [3.8, 4) is 0 Å². The highest BCUT2D eigenvalue weighted by Gasteiger charge is 2.61. The SMILES string of the molecule is CC(O)(C1CC(OC(=O)C(F)F)CC(C(C)(O)C(F)(F)F)C1)C(F)(F)F. The first-order chi connectivity index (χ1) is 11.4. The van der Waals surface area contributed by atoms with Crippen LogP contribution < -0.4 is 0 Å². The van der Waals surface area contributed by atoms with E-state index in [4.69, 9.17) is 0 Å². The first-order valence-electron chi connectivity index (χ1n) is 7.48. The minimum atomic E-state index is -5.24. The summed E-state index contributed by atoms with van der Waals surface area (Å²) in [5.74, 6) is -5.93. The quantitative estimate of drug-likeness (QED) is 0.560. The molecule has 0 radical (unpaired) electrons. The number of hydrogen-bond donors (Lipinski definition) is 2. The van der Waals surface area contributed by atoms with Gasteiger partial charge in [-0.2, -0.15) is 35.1 Å². The molecular formula is C14H18F8O4. The van der Waals surface area contributed by atoms with Crippen molar-refractivity contribution >= 4 is 5.97 Å². The van der Waals surface area contributed by atoms with Crippen LogP contribution in [0, 0.1) is 11.8 Å². The van der Waals surface area contributed by atoms with Crippen LogP contribution in [0.5, 0.6) is 0 Å². The Morgan fingerprint density at radius 3 is 1.50 bits per heavy atom. The number of aliphatic hydroxyl groups is 2. The average Bonchev–Trinajstić information content (AvgIpc) is 2.44. The van der Waals surface area contributed by atoms with Gasteiger partial charge in [-0.3, -0.25) is 0 Å². The van der Waals surface area contributed by atoms with E-state index >= 15 is 0 Å².